The molecule has 0 aromatic carbocycles. The summed E-state index contributed by atoms with van der Waals surface area (Å²) in [6.45, 7) is 4.39. The fourth-order valence-electron chi connectivity index (χ4n) is 1.78. The molecular formula is C7H10OS. The summed E-state index contributed by atoms with van der Waals surface area (Å²) < 4.78 is 0. The molecule has 0 aromatic heterocycles. The Bertz CT molecular complexity index is 174. The van der Waals surface area contributed by atoms with Crippen LogP contribution >= 0.6 is 11.8 Å². The van der Waals surface area contributed by atoms with Gasteiger partial charge in [-0.2, -0.15) is 0 Å². The van der Waals surface area contributed by atoms with E-state index in [1.807, 2.05) is 0 Å². The lowest BCUT2D eigenvalue weighted by Gasteiger charge is -2.03. The third-order valence-corrected chi connectivity index (χ3v) is 3.77. The van der Waals surface area contributed by atoms with E-state index in [1.165, 1.54) is 11.8 Å². The number of hydrogen-bond acceptors (Lipinski definition) is 2. The number of rotatable bonds is 0. The van der Waals surface area contributed by atoms with Crippen LogP contribution in [0.25, 0.3) is 0 Å². The van der Waals surface area contributed by atoms with Gasteiger partial charge in [0.05, 0.1) is 0 Å². The van der Waals surface area contributed by atoms with Crippen molar-refractivity contribution in [2.45, 2.75) is 13.8 Å². The van der Waals surface area contributed by atoms with Gasteiger partial charge in [-0.15, -0.1) is 0 Å². The topological polar surface area (TPSA) is 17.1 Å². The predicted molar refractivity (Wildman–Crippen MR) is 38.2 cm³/mol. The minimum absolute atomic E-state index is 0.363. The standard InChI is InChI=1S/C7H10OS/c1-7(2)4-3-9-6(8)5(4)7/h4-5H,3H2,1-2H3/t4-,5-/m0/s1. The van der Waals surface area contributed by atoms with Crippen LogP contribution in [0.15, 0.2) is 0 Å². The summed E-state index contributed by atoms with van der Waals surface area (Å²) in [5.41, 5.74) is 0.363. The highest BCUT2D eigenvalue weighted by Gasteiger charge is 2.64. The molecule has 1 aliphatic heterocycles. The molecule has 0 unspecified atom stereocenters. The van der Waals surface area contributed by atoms with Crippen molar-refractivity contribution in [3.63, 3.8) is 0 Å². The number of carbonyl (C=O) groups excluding carboxylic acids is 1. The first kappa shape index (κ1) is 5.78. The second-order valence-corrected chi connectivity index (χ2v) is 4.56. The first-order valence-electron chi connectivity index (χ1n) is 3.30. The quantitative estimate of drug-likeness (QED) is 0.510. The van der Waals surface area contributed by atoms with E-state index in [1.54, 1.807) is 0 Å². The molecule has 0 amide bonds. The zero-order valence-corrected chi connectivity index (χ0v) is 6.49. The van der Waals surface area contributed by atoms with Gasteiger partial charge in [0.15, 0.2) is 5.12 Å². The van der Waals surface area contributed by atoms with Gasteiger partial charge in [-0.25, -0.2) is 0 Å². The van der Waals surface area contributed by atoms with Crippen LogP contribution in [-0.4, -0.2) is 10.9 Å². The van der Waals surface area contributed by atoms with Crippen LogP contribution in [0, 0.1) is 17.3 Å². The molecule has 1 aliphatic carbocycles. The number of thioether (sulfide) groups is 1. The van der Waals surface area contributed by atoms with Crippen molar-refractivity contribution in [3.05, 3.63) is 0 Å². The van der Waals surface area contributed by atoms with E-state index in [0.717, 1.165) is 11.7 Å². The SMILES string of the molecule is CC1(C)[C@@H]2C(=O)SC[C@@H]21. The smallest absolute Gasteiger partial charge is 0.192 e. The van der Waals surface area contributed by atoms with Crippen LogP contribution < -0.4 is 0 Å². The van der Waals surface area contributed by atoms with Gasteiger partial charge in [0.1, 0.15) is 0 Å². The first-order valence-corrected chi connectivity index (χ1v) is 4.29. The summed E-state index contributed by atoms with van der Waals surface area (Å²) >= 11 is 1.52. The summed E-state index contributed by atoms with van der Waals surface area (Å²) in [6.07, 6.45) is 0. The van der Waals surface area contributed by atoms with Gasteiger partial charge in [0, 0.05) is 11.7 Å². The molecule has 2 fully saturated rings. The normalized spacial score (nSPS) is 44.9. The Morgan fingerprint density at radius 1 is 1.67 bits per heavy atom. The van der Waals surface area contributed by atoms with Crippen LogP contribution in [0.5, 0.6) is 0 Å². The third-order valence-electron chi connectivity index (χ3n) is 2.71. The molecule has 0 radical (unpaired) electrons. The minimum Gasteiger partial charge on any atom is -0.287 e. The molecule has 2 rings (SSSR count). The zero-order chi connectivity index (χ0) is 6.65. The van der Waals surface area contributed by atoms with Crippen LogP contribution in [0.4, 0.5) is 0 Å². The van der Waals surface area contributed by atoms with Crippen molar-refractivity contribution in [2.75, 3.05) is 5.75 Å². The molecular weight excluding hydrogens is 132 g/mol. The molecule has 0 bridgehead atoms. The Kier molecular flexibility index (Phi) is 0.876. The van der Waals surface area contributed by atoms with Crippen molar-refractivity contribution in [2.24, 2.45) is 17.3 Å². The van der Waals surface area contributed by atoms with Crippen molar-refractivity contribution in [1.29, 1.82) is 0 Å². The van der Waals surface area contributed by atoms with E-state index >= 15 is 0 Å². The summed E-state index contributed by atoms with van der Waals surface area (Å²) in [4.78, 5) is 11.0. The maximum absolute atomic E-state index is 11.0. The van der Waals surface area contributed by atoms with E-state index in [4.69, 9.17) is 0 Å². The summed E-state index contributed by atoms with van der Waals surface area (Å²) in [7, 11) is 0. The van der Waals surface area contributed by atoms with E-state index in [9.17, 15) is 4.79 Å². The second-order valence-electron chi connectivity index (χ2n) is 3.54. The molecule has 2 heteroatoms. The lowest BCUT2D eigenvalue weighted by molar-refractivity contribution is -0.112. The van der Waals surface area contributed by atoms with Crippen LogP contribution in [-0.2, 0) is 4.79 Å². The third kappa shape index (κ3) is 0.548. The zero-order valence-electron chi connectivity index (χ0n) is 5.68. The fourth-order valence-corrected chi connectivity index (χ4v) is 3.40. The predicted octanol–water partition coefficient (Wildman–Crippen LogP) is 1.53. The Morgan fingerprint density at radius 3 is 2.56 bits per heavy atom. The van der Waals surface area contributed by atoms with E-state index < -0.39 is 0 Å². The summed E-state index contributed by atoms with van der Waals surface area (Å²) in [5.74, 6) is 2.22. The highest BCUT2D eigenvalue weighted by atomic mass is 32.2. The molecule has 1 saturated heterocycles. The molecule has 1 saturated carbocycles. The highest BCUT2D eigenvalue weighted by Crippen LogP contribution is 2.65. The largest absolute Gasteiger partial charge is 0.287 e. The van der Waals surface area contributed by atoms with Gasteiger partial charge in [0.25, 0.3) is 0 Å². The molecule has 0 N–H and O–H groups in total. The average molecular weight is 142 g/mol. The van der Waals surface area contributed by atoms with Gasteiger partial charge in [0.2, 0.25) is 0 Å². The Balaban J connectivity index is 2.23. The van der Waals surface area contributed by atoms with Gasteiger partial charge in [-0.05, 0) is 11.3 Å². The Labute approximate surface area is 59.2 Å². The monoisotopic (exact) mass is 142 g/mol. The maximum Gasteiger partial charge on any atom is 0.192 e. The Morgan fingerprint density at radius 2 is 2.33 bits per heavy atom. The maximum atomic E-state index is 11.0. The molecule has 2 aliphatic rings. The number of carbonyl (C=O) groups is 1. The molecule has 1 heterocycles. The van der Waals surface area contributed by atoms with Gasteiger partial charge in [-0.1, -0.05) is 25.6 Å². The van der Waals surface area contributed by atoms with Gasteiger partial charge in [-0.3, -0.25) is 4.79 Å². The Hall–Kier alpha value is 0.0200. The molecule has 2 atom stereocenters. The molecule has 0 spiro atoms. The fraction of sp³-hybridized carbons (Fsp3) is 0.857. The van der Waals surface area contributed by atoms with Gasteiger partial charge >= 0.3 is 0 Å². The van der Waals surface area contributed by atoms with Crippen LogP contribution in [0.2, 0.25) is 0 Å². The van der Waals surface area contributed by atoms with Gasteiger partial charge < -0.3 is 0 Å². The number of fused-ring (bicyclic) bond motifs is 1. The van der Waals surface area contributed by atoms with Crippen LogP contribution in [0.3, 0.4) is 0 Å². The van der Waals surface area contributed by atoms with E-state index in [2.05, 4.69) is 13.8 Å². The highest BCUT2D eigenvalue weighted by molar-refractivity contribution is 8.14. The van der Waals surface area contributed by atoms with Crippen molar-refractivity contribution in [3.8, 4) is 0 Å². The minimum atomic E-state index is 0.363. The average Bonchev–Trinajstić information content (AvgIpc) is 2.19. The second kappa shape index (κ2) is 1.36. The van der Waals surface area contributed by atoms with Crippen LogP contribution in [0.1, 0.15) is 13.8 Å². The molecule has 0 aromatic rings. The van der Waals surface area contributed by atoms with Crippen molar-refractivity contribution in [1.82, 2.24) is 0 Å². The lowest BCUT2D eigenvalue weighted by atomic mass is 10.1. The van der Waals surface area contributed by atoms with Crippen molar-refractivity contribution >= 4 is 16.9 Å². The lowest BCUT2D eigenvalue weighted by Crippen LogP contribution is -2.02. The van der Waals surface area contributed by atoms with Crippen molar-refractivity contribution < 1.29 is 4.79 Å². The molecule has 50 valence electrons. The van der Waals surface area contributed by atoms with E-state index in [-0.39, 0.29) is 0 Å². The summed E-state index contributed by atoms with van der Waals surface area (Å²) in [5, 5.41) is 0.435. The molecule has 1 nitrogen and oxygen atoms in total. The van der Waals surface area contributed by atoms with E-state index in [0.29, 0.717) is 16.4 Å². The first-order chi connectivity index (χ1) is 4.14. The molecule has 9 heavy (non-hydrogen) atoms. The summed E-state index contributed by atoms with van der Waals surface area (Å²) in [6, 6.07) is 0. The number of hydrogen-bond donors (Lipinski definition) is 0.